The van der Waals surface area contributed by atoms with Crippen molar-refractivity contribution in [2.75, 3.05) is 11.6 Å². The van der Waals surface area contributed by atoms with Gasteiger partial charge in [-0.3, -0.25) is 9.80 Å². The van der Waals surface area contributed by atoms with Crippen LogP contribution in [0.5, 0.6) is 0 Å². The summed E-state index contributed by atoms with van der Waals surface area (Å²) in [6, 6.07) is 15.7. The minimum Gasteiger partial charge on any atom is -0.360 e. The molecule has 0 aromatic heterocycles. The molecule has 0 saturated heterocycles. The molecule has 122 valence electrons. The van der Waals surface area contributed by atoms with E-state index in [2.05, 4.69) is 34.8 Å². The fourth-order valence-corrected chi connectivity index (χ4v) is 3.64. The van der Waals surface area contributed by atoms with Crippen LogP contribution in [0.1, 0.15) is 28.9 Å². The number of benzene rings is 2. The third-order valence-corrected chi connectivity index (χ3v) is 5.01. The third kappa shape index (κ3) is 2.34. The molecule has 2 heterocycles. The molecule has 5 nitrogen and oxygen atoms in total. The lowest BCUT2D eigenvalue weighted by molar-refractivity contribution is -0.127. The molecule has 0 aliphatic carbocycles. The molecule has 0 saturated carbocycles. The summed E-state index contributed by atoms with van der Waals surface area (Å²) >= 11 is 1.44. The maximum absolute atomic E-state index is 12.7. The van der Waals surface area contributed by atoms with Crippen molar-refractivity contribution in [1.29, 1.82) is 0 Å². The molecule has 0 radical (unpaired) electrons. The first kappa shape index (κ1) is 15.1. The molecule has 24 heavy (non-hydrogen) atoms. The van der Waals surface area contributed by atoms with Crippen molar-refractivity contribution < 1.29 is 4.79 Å². The number of nitrogens with one attached hydrogen (secondary N) is 2. The van der Waals surface area contributed by atoms with Crippen LogP contribution in [0.3, 0.4) is 0 Å². The van der Waals surface area contributed by atoms with Crippen molar-refractivity contribution in [3.05, 3.63) is 65.2 Å². The van der Waals surface area contributed by atoms with Gasteiger partial charge in [0.15, 0.2) is 11.2 Å². The van der Waals surface area contributed by atoms with Crippen LogP contribution in [0.2, 0.25) is 0 Å². The summed E-state index contributed by atoms with van der Waals surface area (Å²) in [7, 11) is 0. The van der Waals surface area contributed by atoms with E-state index in [-0.39, 0.29) is 12.1 Å². The summed E-state index contributed by atoms with van der Waals surface area (Å²) in [4.78, 5) is 12.7. The molecular weight excluding hydrogens is 320 g/mol. The van der Waals surface area contributed by atoms with E-state index in [1.54, 1.807) is 0 Å². The summed E-state index contributed by atoms with van der Waals surface area (Å²) < 4.78 is 0. The first-order chi connectivity index (χ1) is 11.7. The molecule has 0 bridgehead atoms. The highest BCUT2D eigenvalue weighted by Crippen LogP contribution is 2.42. The fraction of sp³-hybridized carbons (Fsp3) is 0.222. The smallest absolute Gasteiger partial charge is 0.255 e. The number of nitrogens with zero attached hydrogens (tertiary/aromatic N) is 2. The maximum atomic E-state index is 12.7. The van der Waals surface area contributed by atoms with Crippen LogP contribution in [0.15, 0.2) is 53.6 Å². The average Bonchev–Trinajstić information content (AvgIpc) is 2.61. The highest BCUT2D eigenvalue weighted by molar-refractivity contribution is 8.13. The van der Waals surface area contributed by atoms with E-state index < -0.39 is 6.04 Å². The van der Waals surface area contributed by atoms with Crippen molar-refractivity contribution in [3.8, 4) is 0 Å². The molecule has 0 unspecified atom stereocenters. The van der Waals surface area contributed by atoms with Gasteiger partial charge in [-0.25, -0.2) is 0 Å². The number of aryl methyl sites for hydroxylation is 1. The Morgan fingerprint density at radius 2 is 1.79 bits per heavy atom. The van der Waals surface area contributed by atoms with E-state index in [0.29, 0.717) is 5.17 Å². The standard InChI is InChI=1S/C18H18N4OS/c1-11-7-3-4-8-12(11)16-19-14-10-6-5-9-13(14)15-17(23)20-18(24-2)21-22(15)16/h3-10,15-16,19H,1-2H3,(H,20,21,23)/t15-,16-/m0/s1. The molecule has 6 heteroatoms. The van der Waals surface area contributed by atoms with Crippen LogP contribution in [-0.4, -0.2) is 22.3 Å². The summed E-state index contributed by atoms with van der Waals surface area (Å²) in [6.07, 6.45) is 1.73. The monoisotopic (exact) mass is 338 g/mol. The summed E-state index contributed by atoms with van der Waals surface area (Å²) in [5.41, 5.74) is 4.21. The Morgan fingerprint density at radius 3 is 2.54 bits per heavy atom. The van der Waals surface area contributed by atoms with Gasteiger partial charge in [0.05, 0.1) is 0 Å². The van der Waals surface area contributed by atoms with Crippen molar-refractivity contribution in [2.24, 2.45) is 5.10 Å². The van der Waals surface area contributed by atoms with E-state index in [4.69, 9.17) is 0 Å². The van der Waals surface area contributed by atoms with E-state index in [9.17, 15) is 4.79 Å². The molecule has 2 aliphatic rings. The lowest BCUT2D eigenvalue weighted by Gasteiger charge is -2.44. The van der Waals surface area contributed by atoms with Gasteiger partial charge in [-0.2, -0.15) is 0 Å². The second kappa shape index (κ2) is 5.87. The summed E-state index contributed by atoms with van der Waals surface area (Å²) in [5.74, 6) is -0.0399. The molecule has 2 aliphatic heterocycles. The van der Waals surface area contributed by atoms with Crippen LogP contribution in [0, 0.1) is 6.92 Å². The van der Waals surface area contributed by atoms with E-state index >= 15 is 0 Å². The lowest BCUT2D eigenvalue weighted by Crippen LogP contribution is -2.50. The average molecular weight is 338 g/mol. The number of amides is 1. The molecule has 2 N–H and O–H groups in total. The molecule has 2 aromatic rings. The lowest BCUT2D eigenvalue weighted by atomic mass is 9.96. The summed E-state index contributed by atoms with van der Waals surface area (Å²) in [5, 5.41) is 13.6. The van der Waals surface area contributed by atoms with Gasteiger partial charge >= 0.3 is 0 Å². The fourth-order valence-electron chi connectivity index (χ4n) is 3.26. The van der Waals surface area contributed by atoms with Gasteiger partial charge in [0.1, 0.15) is 6.17 Å². The van der Waals surface area contributed by atoms with Gasteiger partial charge in [0.25, 0.3) is 5.91 Å². The molecule has 1 amide bonds. The van der Waals surface area contributed by atoms with Crippen molar-refractivity contribution in [3.63, 3.8) is 0 Å². The zero-order valence-electron chi connectivity index (χ0n) is 13.5. The van der Waals surface area contributed by atoms with Gasteiger partial charge in [0.2, 0.25) is 0 Å². The quantitative estimate of drug-likeness (QED) is 0.838. The highest BCUT2D eigenvalue weighted by atomic mass is 32.2. The number of rotatable bonds is 1. The Balaban J connectivity index is 1.89. The van der Waals surface area contributed by atoms with Crippen LogP contribution in [-0.2, 0) is 4.79 Å². The zero-order valence-corrected chi connectivity index (χ0v) is 14.3. The number of para-hydroxylation sites is 1. The molecule has 0 fully saturated rings. The van der Waals surface area contributed by atoms with Crippen molar-refractivity contribution >= 4 is 28.5 Å². The number of carbonyl (C=O) groups is 1. The first-order valence-electron chi connectivity index (χ1n) is 7.82. The second-order valence-electron chi connectivity index (χ2n) is 5.87. The van der Waals surface area contributed by atoms with Gasteiger partial charge < -0.3 is 10.6 Å². The highest BCUT2D eigenvalue weighted by Gasteiger charge is 2.42. The molecule has 4 rings (SSSR count). The summed E-state index contributed by atoms with van der Waals surface area (Å²) in [6.45, 7) is 2.08. The molecule has 2 aromatic carbocycles. The third-order valence-electron chi connectivity index (χ3n) is 4.44. The number of hydrogen-bond acceptors (Lipinski definition) is 5. The van der Waals surface area contributed by atoms with Gasteiger partial charge in [0, 0.05) is 11.3 Å². The predicted octanol–water partition coefficient (Wildman–Crippen LogP) is 3.23. The predicted molar refractivity (Wildman–Crippen MR) is 97.7 cm³/mol. The van der Waals surface area contributed by atoms with Crippen LogP contribution in [0.25, 0.3) is 0 Å². The number of carbonyl (C=O) groups excluding carboxylic acids is 1. The number of amidine groups is 1. The maximum Gasteiger partial charge on any atom is 0.255 e. The number of thioether (sulfide) groups is 1. The van der Waals surface area contributed by atoms with Crippen LogP contribution >= 0.6 is 11.8 Å². The van der Waals surface area contributed by atoms with Gasteiger partial charge in [-0.1, -0.05) is 54.2 Å². The minimum absolute atomic E-state index is 0.0399. The second-order valence-corrected chi connectivity index (χ2v) is 6.67. The normalized spacial score (nSPS) is 22.0. The minimum atomic E-state index is -0.428. The van der Waals surface area contributed by atoms with E-state index in [0.717, 1.165) is 16.8 Å². The van der Waals surface area contributed by atoms with Crippen LogP contribution < -0.4 is 10.6 Å². The Kier molecular flexibility index (Phi) is 3.69. The molecule has 2 atom stereocenters. The van der Waals surface area contributed by atoms with Gasteiger partial charge in [-0.15, -0.1) is 5.10 Å². The topological polar surface area (TPSA) is 56.7 Å². The van der Waals surface area contributed by atoms with Crippen molar-refractivity contribution in [1.82, 2.24) is 10.3 Å². The van der Waals surface area contributed by atoms with Crippen molar-refractivity contribution in [2.45, 2.75) is 19.1 Å². The first-order valence-corrected chi connectivity index (χ1v) is 9.04. The van der Waals surface area contributed by atoms with Gasteiger partial charge in [-0.05, 0) is 30.4 Å². The van der Waals surface area contributed by atoms with E-state index in [1.165, 1.54) is 17.3 Å². The van der Waals surface area contributed by atoms with E-state index in [1.807, 2.05) is 47.7 Å². The number of hydrogen-bond donors (Lipinski definition) is 2. The number of anilines is 1. The Bertz CT molecular complexity index is 835. The Hall–Kier alpha value is -2.47. The molecular formula is C18H18N4OS. The Labute approximate surface area is 145 Å². The SMILES string of the molecule is CSC1=NN2[C@@H](c3ccccc3C)Nc3ccccc3[C@H]2C(=O)N1. The Morgan fingerprint density at radius 1 is 1.08 bits per heavy atom. The molecule has 0 spiro atoms. The number of fused-ring (bicyclic) bond motifs is 3. The largest absolute Gasteiger partial charge is 0.360 e. The van der Waals surface area contributed by atoms with Crippen LogP contribution in [0.4, 0.5) is 5.69 Å². The number of hydrazone groups is 1. The zero-order chi connectivity index (χ0) is 16.7.